The average Bonchev–Trinajstić information content (AvgIpc) is 3.31. The van der Waals surface area contributed by atoms with Gasteiger partial charge in [-0.05, 0) is 97.2 Å². The molecule has 0 bridgehead atoms. The first-order valence-corrected chi connectivity index (χ1v) is 18.0. The highest BCUT2D eigenvalue weighted by Crippen LogP contribution is 2.67. The Balaban J connectivity index is 1.20. The summed E-state index contributed by atoms with van der Waals surface area (Å²) in [6.07, 6.45) is 20.6. The van der Waals surface area contributed by atoms with Gasteiger partial charge in [0.25, 0.3) is 0 Å². The highest BCUT2D eigenvalue weighted by atomic mass is 16.6. The second-order valence-corrected chi connectivity index (χ2v) is 15.8. The van der Waals surface area contributed by atoms with E-state index < -0.39 is 0 Å². The molecule has 1 N–H and O–H groups in total. The van der Waals surface area contributed by atoms with E-state index in [2.05, 4.69) is 65.9 Å². The average molecular weight is 600 g/mol. The molecule has 5 nitrogen and oxygen atoms in total. The van der Waals surface area contributed by atoms with E-state index in [9.17, 15) is 4.79 Å². The van der Waals surface area contributed by atoms with Gasteiger partial charge in [0, 0.05) is 13.0 Å². The van der Waals surface area contributed by atoms with Crippen molar-refractivity contribution in [3.8, 4) is 0 Å². The van der Waals surface area contributed by atoms with Crippen LogP contribution in [0.1, 0.15) is 119 Å². The fourth-order valence-electron chi connectivity index (χ4n) is 9.87. The van der Waals surface area contributed by atoms with E-state index in [1.807, 2.05) is 6.08 Å². The maximum absolute atomic E-state index is 12.5. The van der Waals surface area contributed by atoms with E-state index in [-0.39, 0.29) is 17.6 Å². The zero-order valence-electron chi connectivity index (χ0n) is 28.8. The predicted octanol–water partition coefficient (Wildman–Crippen LogP) is 9.37. The Bertz CT molecular complexity index is 942. The molecule has 4 rings (SSSR count). The first-order chi connectivity index (χ1) is 20.5. The van der Waals surface area contributed by atoms with Crippen LogP contribution < -0.4 is 5.32 Å². The number of allylic oxidation sites excluding steroid dienone is 2. The Morgan fingerprint density at radius 1 is 0.977 bits per heavy atom. The van der Waals surface area contributed by atoms with Crippen LogP contribution in [0.3, 0.4) is 0 Å². The van der Waals surface area contributed by atoms with Crippen molar-refractivity contribution in [3.63, 3.8) is 0 Å². The molecule has 1 amide bonds. The van der Waals surface area contributed by atoms with Gasteiger partial charge < -0.3 is 19.5 Å². The molecule has 6 unspecified atom stereocenters. The van der Waals surface area contributed by atoms with E-state index in [4.69, 9.17) is 14.2 Å². The molecule has 0 aliphatic heterocycles. The zero-order chi connectivity index (χ0) is 31.0. The Labute approximate surface area is 264 Å². The molecule has 3 saturated carbocycles. The Morgan fingerprint density at radius 2 is 1.77 bits per heavy atom. The minimum Gasteiger partial charge on any atom is -0.446 e. The number of amides is 1. The van der Waals surface area contributed by atoms with Gasteiger partial charge in [0.15, 0.2) is 0 Å². The molecule has 246 valence electrons. The van der Waals surface area contributed by atoms with Gasteiger partial charge in [0.1, 0.15) is 6.10 Å². The van der Waals surface area contributed by atoms with Crippen LogP contribution in [0.4, 0.5) is 4.79 Å². The predicted molar refractivity (Wildman–Crippen MR) is 177 cm³/mol. The van der Waals surface area contributed by atoms with Gasteiger partial charge in [0.05, 0.1) is 26.4 Å². The van der Waals surface area contributed by atoms with Crippen LogP contribution in [0.2, 0.25) is 0 Å². The van der Waals surface area contributed by atoms with Crippen molar-refractivity contribution in [2.24, 2.45) is 52.3 Å². The van der Waals surface area contributed by atoms with Gasteiger partial charge in [-0.25, -0.2) is 4.79 Å². The van der Waals surface area contributed by atoms with E-state index in [0.29, 0.717) is 44.3 Å². The van der Waals surface area contributed by atoms with E-state index in [1.165, 1.54) is 51.4 Å². The monoisotopic (exact) mass is 599 g/mol. The Kier molecular flexibility index (Phi) is 12.7. The minimum atomic E-state index is -0.311. The Morgan fingerprint density at radius 3 is 2.53 bits per heavy atom. The van der Waals surface area contributed by atoms with Gasteiger partial charge in [0.2, 0.25) is 0 Å². The van der Waals surface area contributed by atoms with Gasteiger partial charge >= 0.3 is 6.09 Å². The van der Waals surface area contributed by atoms with Crippen molar-refractivity contribution < 1.29 is 19.0 Å². The van der Waals surface area contributed by atoms with E-state index in [0.717, 1.165) is 54.8 Å². The van der Waals surface area contributed by atoms with Crippen molar-refractivity contribution in [1.82, 2.24) is 5.32 Å². The molecule has 4 aliphatic carbocycles. The summed E-state index contributed by atoms with van der Waals surface area (Å²) < 4.78 is 17.0. The van der Waals surface area contributed by atoms with Crippen molar-refractivity contribution in [2.45, 2.75) is 125 Å². The van der Waals surface area contributed by atoms with Crippen LogP contribution in [-0.4, -0.2) is 45.2 Å². The van der Waals surface area contributed by atoms with Gasteiger partial charge in [-0.3, -0.25) is 0 Å². The zero-order valence-corrected chi connectivity index (χ0v) is 28.8. The normalized spacial score (nSPS) is 34.5. The highest BCUT2D eigenvalue weighted by molar-refractivity contribution is 5.67. The lowest BCUT2D eigenvalue weighted by molar-refractivity contribution is -0.0581. The summed E-state index contributed by atoms with van der Waals surface area (Å²) in [7, 11) is 0. The molecule has 5 heteroatoms. The Hall–Kier alpha value is -1.33. The second-order valence-electron chi connectivity index (χ2n) is 15.8. The molecule has 8 atom stereocenters. The standard InChI is InChI=1S/C38H65NO4/c1-27(2)10-8-12-29(5)33-15-16-34-32-14-13-30-26-31(17-19-37(30,6)35(32)18-20-38(33,34)7)43-36(40)39-21-23-42-25-24-41-22-9-11-28(3)4/h9,11,13,27-29,31-35H,8,10,12,14-26H2,1-7H3,(H,39,40)/b11-9+/t29-,31+,32?,33?,34?,35?,37?,38?/m1/s1. The third-order valence-corrected chi connectivity index (χ3v) is 12.2. The molecule has 0 aromatic heterocycles. The lowest BCUT2D eigenvalue weighted by atomic mass is 9.47. The van der Waals surface area contributed by atoms with Crippen LogP contribution in [-0.2, 0) is 14.2 Å². The topological polar surface area (TPSA) is 56.8 Å². The van der Waals surface area contributed by atoms with Crippen LogP contribution in [0, 0.1) is 52.3 Å². The maximum atomic E-state index is 12.5. The number of hydrogen-bond acceptors (Lipinski definition) is 4. The number of alkyl carbamates (subject to hydrolysis) is 1. The fraction of sp³-hybridized carbons (Fsp3) is 0.868. The molecular weight excluding hydrogens is 534 g/mol. The number of carbonyl (C=O) groups is 1. The number of carbonyl (C=O) groups excluding carboxylic acids is 1. The quantitative estimate of drug-likeness (QED) is 0.150. The van der Waals surface area contributed by atoms with Gasteiger partial charge in [-0.1, -0.05) is 91.5 Å². The number of hydrogen-bond donors (Lipinski definition) is 1. The minimum absolute atomic E-state index is 0.0134. The summed E-state index contributed by atoms with van der Waals surface area (Å²) in [5, 5.41) is 2.88. The van der Waals surface area contributed by atoms with Crippen molar-refractivity contribution >= 4 is 6.09 Å². The first-order valence-electron chi connectivity index (χ1n) is 18.0. The van der Waals surface area contributed by atoms with Gasteiger partial charge in [-0.2, -0.15) is 0 Å². The largest absolute Gasteiger partial charge is 0.446 e. The van der Waals surface area contributed by atoms with Gasteiger partial charge in [-0.15, -0.1) is 0 Å². The molecule has 43 heavy (non-hydrogen) atoms. The number of nitrogens with one attached hydrogen (secondary N) is 1. The van der Waals surface area contributed by atoms with Crippen LogP contribution in [0.5, 0.6) is 0 Å². The summed E-state index contributed by atoms with van der Waals surface area (Å²) in [5.41, 5.74) is 2.38. The molecule has 0 radical (unpaired) electrons. The van der Waals surface area contributed by atoms with Crippen LogP contribution in [0.25, 0.3) is 0 Å². The molecular formula is C38H65NO4. The summed E-state index contributed by atoms with van der Waals surface area (Å²) in [6.45, 7) is 19.5. The van der Waals surface area contributed by atoms with Crippen molar-refractivity contribution in [3.05, 3.63) is 23.8 Å². The molecule has 0 spiro atoms. The van der Waals surface area contributed by atoms with E-state index in [1.54, 1.807) is 5.57 Å². The van der Waals surface area contributed by atoms with Crippen LogP contribution in [0.15, 0.2) is 23.8 Å². The molecule has 4 aliphatic rings. The van der Waals surface area contributed by atoms with E-state index >= 15 is 0 Å². The van der Waals surface area contributed by atoms with Crippen LogP contribution >= 0.6 is 0 Å². The van der Waals surface area contributed by atoms with Crippen molar-refractivity contribution in [2.75, 3.05) is 33.0 Å². The summed E-state index contributed by atoms with van der Waals surface area (Å²) in [6, 6.07) is 0. The highest BCUT2D eigenvalue weighted by Gasteiger charge is 2.59. The lowest BCUT2D eigenvalue weighted by Crippen LogP contribution is -2.51. The molecule has 0 saturated heterocycles. The SMILES string of the molecule is CC(C)/C=C/COCCOCCNC(=O)O[C@H]1CCC2(C)C(=CCC3C2CCC2(C)C3CCC2[C@H](C)CCCC(C)C)C1. The summed E-state index contributed by atoms with van der Waals surface area (Å²) in [4.78, 5) is 12.5. The summed E-state index contributed by atoms with van der Waals surface area (Å²) >= 11 is 0. The summed E-state index contributed by atoms with van der Waals surface area (Å²) in [5.74, 6) is 5.65. The molecule has 0 heterocycles. The number of ether oxygens (including phenoxy) is 3. The third kappa shape index (κ3) is 8.69. The number of rotatable bonds is 15. The second kappa shape index (κ2) is 15.8. The molecule has 3 fully saturated rings. The third-order valence-electron chi connectivity index (χ3n) is 12.2. The maximum Gasteiger partial charge on any atom is 0.407 e. The first kappa shape index (κ1) is 34.5. The lowest BCUT2D eigenvalue weighted by Gasteiger charge is -2.58. The molecule has 0 aromatic rings. The smallest absolute Gasteiger partial charge is 0.407 e. The van der Waals surface area contributed by atoms with Crippen molar-refractivity contribution in [1.29, 1.82) is 0 Å². The molecule has 0 aromatic carbocycles. The fourth-order valence-corrected chi connectivity index (χ4v) is 9.87. The number of fused-ring (bicyclic) bond motifs is 5.